The first kappa shape index (κ1) is 21.4. The SMILES string of the molecule is O=C(Nc1ccc(Cl)cc1)N1CC2CC2C(N2c3ccc(F)cc3CCc3cc(F)ccc32)C1. The number of anilines is 3. The Bertz CT molecular complexity index is 1210. The monoisotopic (exact) mass is 479 g/mol. The van der Waals surface area contributed by atoms with Crippen molar-refractivity contribution in [3.05, 3.63) is 88.4 Å². The lowest BCUT2D eigenvalue weighted by Gasteiger charge is -2.41. The minimum absolute atomic E-state index is 0.0289. The van der Waals surface area contributed by atoms with E-state index in [9.17, 15) is 13.6 Å². The van der Waals surface area contributed by atoms with Gasteiger partial charge >= 0.3 is 6.03 Å². The Morgan fingerprint density at radius 2 is 1.50 bits per heavy atom. The minimum atomic E-state index is -0.271. The molecule has 3 unspecified atom stereocenters. The van der Waals surface area contributed by atoms with E-state index in [1.165, 1.54) is 12.1 Å². The summed E-state index contributed by atoms with van der Waals surface area (Å²) in [5.74, 6) is 0.319. The summed E-state index contributed by atoms with van der Waals surface area (Å²) in [4.78, 5) is 17.3. The number of likely N-dealkylation sites (tertiary alicyclic amines) is 1. The van der Waals surface area contributed by atoms with Crippen molar-refractivity contribution < 1.29 is 13.6 Å². The number of nitrogens with one attached hydrogen (secondary N) is 1. The number of nitrogens with zero attached hydrogens (tertiary/aromatic N) is 2. The zero-order chi connectivity index (χ0) is 23.4. The molecule has 1 N–H and O–H groups in total. The molecule has 3 aromatic carbocycles. The van der Waals surface area contributed by atoms with E-state index in [-0.39, 0.29) is 23.7 Å². The molecule has 6 rings (SSSR count). The highest BCUT2D eigenvalue weighted by Gasteiger charge is 2.52. The van der Waals surface area contributed by atoms with Gasteiger partial charge in [-0.1, -0.05) is 11.6 Å². The fourth-order valence-corrected chi connectivity index (χ4v) is 5.71. The van der Waals surface area contributed by atoms with Gasteiger partial charge < -0.3 is 15.1 Å². The Morgan fingerprint density at radius 3 is 2.12 bits per heavy atom. The molecule has 7 heteroatoms. The molecule has 34 heavy (non-hydrogen) atoms. The molecule has 3 atom stereocenters. The molecule has 2 heterocycles. The highest BCUT2D eigenvalue weighted by molar-refractivity contribution is 6.30. The molecule has 4 nitrogen and oxygen atoms in total. The molecule has 0 spiro atoms. The standard InChI is InChI=1S/C27H24ClF2N3O/c28-19-3-7-22(8-4-19)31-27(34)32-14-18-13-23(18)26(15-32)33-24-9-5-20(29)11-16(24)1-2-17-12-21(30)6-10-25(17)33/h3-12,18,23,26H,1-2,13-15H2,(H,31,34). The van der Waals surface area contributed by atoms with Crippen LogP contribution in [0.3, 0.4) is 0 Å². The van der Waals surface area contributed by atoms with Gasteiger partial charge in [0.25, 0.3) is 0 Å². The lowest BCUT2D eigenvalue weighted by molar-refractivity contribution is 0.189. The van der Waals surface area contributed by atoms with E-state index in [4.69, 9.17) is 11.6 Å². The molecule has 3 aliphatic rings. The molecule has 1 aliphatic carbocycles. The smallest absolute Gasteiger partial charge is 0.321 e. The first-order valence-electron chi connectivity index (χ1n) is 11.6. The van der Waals surface area contributed by atoms with Crippen molar-refractivity contribution in [2.75, 3.05) is 23.3 Å². The average Bonchev–Trinajstić information content (AvgIpc) is 3.62. The summed E-state index contributed by atoms with van der Waals surface area (Å²) in [5, 5.41) is 3.59. The molecule has 1 saturated carbocycles. The van der Waals surface area contributed by atoms with Gasteiger partial charge in [0, 0.05) is 35.2 Å². The van der Waals surface area contributed by atoms with Gasteiger partial charge in [-0.2, -0.15) is 0 Å². The van der Waals surface area contributed by atoms with E-state index in [1.807, 2.05) is 17.0 Å². The number of halogens is 3. The summed E-state index contributed by atoms with van der Waals surface area (Å²) in [7, 11) is 0. The van der Waals surface area contributed by atoms with Gasteiger partial charge in [0.15, 0.2) is 0 Å². The van der Waals surface area contributed by atoms with Gasteiger partial charge in [-0.25, -0.2) is 13.6 Å². The number of carbonyl (C=O) groups excluding carboxylic acids is 1. The molecular weight excluding hydrogens is 456 g/mol. The third kappa shape index (κ3) is 3.90. The third-order valence-electron chi connectivity index (χ3n) is 7.31. The topological polar surface area (TPSA) is 35.6 Å². The molecule has 2 aliphatic heterocycles. The first-order chi connectivity index (χ1) is 16.5. The number of aryl methyl sites for hydroxylation is 2. The van der Waals surface area contributed by atoms with Crippen LogP contribution in [0.1, 0.15) is 17.5 Å². The summed E-state index contributed by atoms with van der Waals surface area (Å²) in [6.45, 7) is 1.25. The number of amides is 2. The van der Waals surface area contributed by atoms with E-state index < -0.39 is 0 Å². The van der Waals surface area contributed by atoms with Gasteiger partial charge in [0.05, 0.1) is 6.04 Å². The number of hydrogen-bond donors (Lipinski definition) is 1. The maximum absolute atomic E-state index is 14.1. The number of carbonyl (C=O) groups is 1. The van der Waals surface area contributed by atoms with Gasteiger partial charge in [0.1, 0.15) is 11.6 Å². The van der Waals surface area contributed by atoms with Crippen molar-refractivity contribution >= 4 is 34.7 Å². The fraction of sp³-hybridized carbons (Fsp3) is 0.296. The number of rotatable bonds is 2. The highest BCUT2D eigenvalue weighted by atomic mass is 35.5. The molecule has 0 bridgehead atoms. The van der Waals surface area contributed by atoms with Gasteiger partial charge in [-0.3, -0.25) is 0 Å². The molecule has 0 aromatic heterocycles. The van der Waals surface area contributed by atoms with Crippen molar-refractivity contribution in [1.82, 2.24) is 4.90 Å². The molecule has 2 fully saturated rings. The Kier molecular flexibility index (Phi) is 5.21. The first-order valence-corrected chi connectivity index (χ1v) is 12.0. The molecule has 2 amide bonds. The molecule has 1 saturated heterocycles. The van der Waals surface area contributed by atoms with E-state index in [0.29, 0.717) is 48.5 Å². The second kappa shape index (κ2) is 8.27. The van der Waals surface area contributed by atoms with Crippen LogP contribution in [0.4, 0.5) is 30.6 Å². The van der Waals surface area contributed by atoms with Crippen LogP contribution in [0.2, 0.25) is 5.02 Å². The van der Waals surface area contributed by atoms with Crippen LogP contribution in [0.15, 0.2) is 60.7 Å². The maximum Gasteiger partial charge on any atom is 0.321 e. The molecule has 0 radical (unpaired) electrons. The minimum Gasteiger partial charge on any atom is -0.336 e. The van der Waals surface area contributed by atoms with Crippen molar-refractivity contribution in [3.63, 3.8) is 0 Å². The number of benzene rings is 3. The third-order valence-corrected chi connectivity index (χ3v) is 7.57. The fourth-order valence-electron chi connectivity index (χ4n) is 5.58. The Hall–Kier alpha value is -3.12. The summed E-state index contributed by atoms with van der Waals surface area (Å²) in [6.07, 6.45) is 2.32. The van der Waals surface area contributed by atoms with E-state index in [1.54, 1.807) is 36.4 Å². The summed E-state index contributed by atoms with van der Waals surface area (Å²) >= 11 is 5.97. The average molecular weight is 480 g/mol. The lowest BCUT2D eigenvalue weighted by atomic mass is 10.0. The number of fused-ring (bicyclic) bond motifs is 3. The van der Waals surface area contributed by atoms with Crippen molar-refractivity contribution in [2.24, 2.45) is 11.8 Å². The molecular formula is C27H24ClF2N3O. The van der Waals surface area contributed by atoms with Gasteiger partial charge in [0.2, 0.25) is 0 Å². The Morgan fingerprint density at radius 1 is 0.882 bits per heavy atom. The van der Waals surface area contributed by atoms with E-state index >= 15 is 0 Å². The van der Waals surface area contributed by atoms with Crippen LogP contribution in [0.5, 0.6) is 0 Å². The number of hydrogen-bond acceptors (Lipinski definition) is 2. The predicted octanol–water partition coefficient (Wildman–Crippen LogP) is 6.41. The second-order valence-electron chi connectivity index (χ2n) is 9.49. The van der Waals surface area contributed by atoms with Gasteiger partial charge in [-0.15, -0.1) is 0 Å². The highest BCUT2D eigenvalue weighted by Crippen LogP contribution is 2.51. The molecule has 174 valence electrons. The van der Waals surface area contributed by atoms with Crippen molar-refractivity contribution in [1.29, 1.82) is 0 Å². The zero-order valence-electron chi connectivity index (χ0n) is 18.5. The van der Waals surface area contributed by atoms with Gasteiger partial charge in [-0.05, 0) is 103 Å². The maximum atomic E-state index is 14.1. The largest absolute Gasteiger partial charge is 0.336 e. The Balaban J connectivity index is 1.34. The van der Waals surface area contributed by atoms with Crippen LogP contribution in [-0.4, -0.2) is 30.1 Å². The van der Waals surface area contributed by atoms with Crippen molar-refractivity contribution in [3.8, 4) is 0 Å². The zero-order valence-corrected chi connectivity index (χ0v) is 19.2. The second-order valence-corrected chi connectivity index (χ2v) is 9.92. The normalized spacial score (nSPS) is 22.9. The van der Waals surface area contributed by atoms with E-state index in [2.05, 4.69) is 10.2 Å². The predicted molar refractivity (Wildman–Crippen MR) is 130 cm³/mol. The van der Waals surface area contributed by atoms with Crippen LogP contribution in [0, 0.1) is 23.5 Å². The summed E-state index contributed by atoms with van der Waals surface area (Å²) in [5.41, 5.74) is 4.41. The van der Waals surface area contributed by atoms with E-state index in [0.717, 1.165) is 28.9 Å². The Labute approximate surface area is 202 Å². The summed E-state index contributed by atoms with van der Waals surface area (Å²) < 4.78 is 28.3. The van der Waals surface area contributed by atoms with Crippen LogP contribution in [-0.2, 0) is 12.8 Å². The summed E-state index contributed by atoms with van der Waals surface area (Å²) in [6, 6.07) is 16.7. The lowest BCUT2D eigenvalue weighted by Crippen LogP contribution is -2.51. The van der Waals surface area contributed by atoms with Crippen LogP contribution in [0.25, 0.3) is 0 Å². The quantitative estimate of drug-likeness (QED) is 0.461. The number of piperidine rings is 1. The van der Waals surface area contributed by atoms with Crippen LogP contribution < -0.4 is 10.2 Å². The van der Waals surface area contributed by atoms with Crippen molar-refractivity contribution in [2.45, 2.75) is 25.3 Å². The molecule has 3 aromatic rings. The number of urea groups is 1. The van der Waals surface area contributed by atoms with Crippen LogP contribution >= 0.6 is 11.6 Å².